The molecule has 0 saturated heterocycles. The second kappa shape index (κ2) is 5.50. The van der Waals surface area contributed by atoms with Crippen LogP contribution in [0.15, 0.2) is 35.3 Å². The molecule has 0 N–H and O–H groups in total. The van der Waals surface area contributed by atoms with E-state index < -0.39 is 5.54 Å². The molecule has 104 valence electrons. The average molecular weight is 269 g/mol. The number of hydrogen-bond donors (Lipinski definition) is 0. The van der Waals surface area contributed by atoms with E-state index in [1.165, 1.54) is 0 Å². The molecule has 0 fully saturated rings. The maximum Gasteiger partial charge on any atom is 0.335 e. The van der Waals surface area contributed by atoms with Crippen molar-refractivity contribution in [2.75, 3.05) is 0 Å². The fourth-order valence-electron chi connectivity index (χ4n) is 2.27. The Hall–Kier alpha value is -2.08. The smallest absolute Gasteiger partial charge is 0.335 e. The molecule has 0 spiro atoms. The molecular weight excluding hydrogens is 250 g/mol. The Balaban J connectivity index is 2.52. The van der Waals surface area contributed by atoms with Gasteiger partial charge in [-0.1, -0.05) is 44.2 Å². The number of benzene rings is 1. The van der Waals surface area contributed by atoms with Crippen LogP contribution in [0.25, 0.3) is 0 Å². The van der Waals surface area contributed by atoms with Gasteiger partial charge in [0.1, 0.15) is 6.10 Å². The highest BCUT2D eigenvalue weighted by Gasteiger charge is 2.42. The molecule has 0 unspecified atom stereocenters. The van der Waals surface area contributed by atoms with Crippen LogP contribution in [0, 0.1) is 18.3 Å². The van der Waals surface area contributed by atoms with Gasteiger partial charge in [0.2, 0.25) is 0 Å². The SMILES string of the molecule is C#CC[C@]1(C)N=C(c2ccccc2)[C@@H](C(C)C)OC1=O. The van der Waals surface area contributed by atoms with Gasteiger partial charge in [-0.3, -0.25) is 4.99 Å². The van der Waals surface area contributed by atoms with Crippen LogP contribution < -0.4 is 0 Å². The summed E-state index contributed by atoms with van der Waals surface area (Å²) in [5.74, 6) is 2.34. The van der Waals surface area contributed by atoms with E-state index in [-0.39, 0.29) is 24.4 Å². The van der Waals surface area contributed by atoms with Crippen molar-refractivity contribution in [2.24, 2.45) is 10.9 Å². The van der Waals surface area contributed by atoms with E-state index in [1.807, 2.05) is 44.2 Å². The van der Waals surface area contributed by atoms with E-state index in [4.69, 9.17) is 11.2 Å². The number of hydrogen-bond acceptors (Lipinski definition) is 3. The predicted molar refractivity (Wildman–Crippen MR) is 79.6 cm³/mol. The van der Waals surface area contributed by atoms with Gasteiger partial charge in [0.25, 0.3) is 0 Å². The van der Waals surface area contributed by atoms with E-state index in [0.717, 1.165) is 11.3 Å². The highest BCUT2D eigenvalue weighted by atomic mass is 16.5. The lowest BCUT2D eigenvalue weighted by Crippen LogP contribution is -2.48. The Kier molecular flexibility index (Phi) is 3.94. The zero-order valence-corrected chi connectivity index (χ0v) is 12.1. The third-order valence-corrected chi connectivity index (χ3v) is 3.43. The molecule has 20 heavy (non-hydrogen) atoms. The molecule has 0 amide bonds. The maximum absolute atomic E-state index is 12.2. The fraction of sp³-hybridized carbons (Fsp3) is 0.412. The number of cyclic esters (lactones) is 1. The topological polar surface area (TPSA) is 38.7 Å². The summed E-state index contributed by atoms with van der Waals surface area (Å²) in [6.45, 7) is 5.76. The number of carbonyl (C=O) groups is 1. The Morgan fingerprint density at radius 3 is 2.60 bits per heavy atom. The molecule has 2 rings (SSSR count). The summed E-state index contributed by atoms with van der Waals surface area (Å²) >= 11 is 0. The van der Waals surface area contributed by atoms with Gasteiger partial charge in [-0.25, -0.2) is 4.79 Å². The molecule has 3 heteroatoms. The largest absolute Gasteiger partial charge is 0.454 e. The second-order valence-electron chi connectivity index (χ2n) is 5.59. The van der Waals surface area contributed by atoms with Crippen molar-refractivity contribution in [3.8, 4) is 12.3 Å². The van der Waals surface area contributed by atoms with Crippen LogP contribution >= 0.6 is 0 Å². The highest BCUT2D eigenvalue weighted by Crippen LogP contribution is 2.29. The van der Waals surface area contributed by atoms with Crippen LogP contribution in [0.4, 0.5) is 0 Å². The third kappa shape index (κ3) is 2.60. The first-order valence-electron chi connectivity index (χ1n) is 6.77. The van der Waals surface area contributed by atoms with E-state index in [0.29, 0.717) is 0 Å². The van der Waals surface area contributed by atoms with Crippen molar-refractivity contribution < 1.29 is 9.53 Å². The van der Waals surface area contributed by atoms with E-state index in [1.54, 1.807) is 6.92 Å². The van der Waals surface area contributed by atoms with Crippen molar-refractivity contribution in [1.82, 2.24) is 0 Å². The maximum atomic E-state index is 12.2. The molecule has 0 bridgehead atoms. The van der Waals surface area contributed by atoms with Crippen LogP contribution in [0.2, 0.25) is 0 Å². The van der Waals surface area contributed by atoms with Gasteiger partial charge in [-0.2, -0.15) is 0 Å². The van der Waals surface area contributed by atoms with Gasteiger partial charge >= 0.3 is 5.97 Å². The highest BCUT2D eigenvalue weighted by molar-refractivity contribution is 6.08. The summed E-state index contributed by atoms with van der Waals surface area (Å²) in [4.78, 5) is 16.8. The molecule has 3 nitrogen and oxygen atoms in total. The Morgan fingerprint density at radius 1 is 1.40 bits per heavy atom. The summed E-state index contributed by atoms with van der Waals surface area (Å²) in [6.07, 6.45) is 5.28. The van der Waals surface area contributed by atoms with Crippen molar-refractivity contribution in [3.63, 3.8) is 0 Å². The Bertz CT molecular complexity index is 568. The molecule has 0 aromatic heterocycles. The first-order valence-corrected chi connectivity index (χ1v) is 6.77. The van der Waals surface area contributed by atoms with Gasteiger partial charge in [0.15, 0.2) is 5.54 Å². The predicted octanol–water partition coefficient (Wildman–Crippen LogP) is 2.84. The molecule has 0 radical (unpaired) electrons. The zero-order valence-electron chi connectivity index (χ0n) is 12.1. The fourth-order valence-corrected chi connectivity index (χ4v) is 2.27. The van der Waals surface area contributed by atoms with Gasteiger partial charge in [0, 0.05) is 6.42 Å². The molecular formula is C17H19NO2. The van der Waals surface area contributed by atoms with Crippen LogP contribution in [0.3, 0.4) is 0 Å². The summed E-state index contributed by atoms with van der Waals surface area (Å²) in [6, 6.07) is 9.80. The van der Waals surface area contributed by atoms with Crippen molar-refractivity contribution in [1.29, 1.82) is 0 Å². The lowest BCUT2D eigenvalue weighted by atomic mass is 9.90. The summed E-state index contributed by atoms with van der Waals surface area (Å²) < 4.78 is 5.62. The quantitative estimate of drug-likeness (QED) is 0.625. The molecule has 1 aliphatic heterocycles. The number of aliphatic imine (C=N–C) groups is 1. The van der Waals surface area contributed by atoms with Crippen LogP contribution in [-0.2, 0) is 9.53 Å². The van der Waals surface area contributed by atoms with Crippen LogP contribution in [0.5, 0.6) is 0 Å². The number of rotatable bonds is 3. The van der Waals surface area contributed by atoms with Gasteiger partial charge in [-0.15, -0.1) is 12.3 Å². The van der Waals surface area contributed by atoms with Crippen molar-refractivity contribution in [3.05, 3.63) is 35.9 Å². The van der Waals surface area contributed by atoms with Crippen LogP contribution in [-0.4, -0.2) is 23.3 Å². The summed E-state index contributed by atoms with van der Waals surface area (Å²) in [7, 11) is 0. The molecule has 2 atom stereocenters. The lowest BCUT2D eigenvalue weighted by molar-refractivity contribution is -0.154. The van der Waals surface area contributed by atoms with Crippen molar-refractivity contribution in [2.45, 2.75) is 38.8 Å². The summed E-state index contributed by atoms with van der Waals surface area (Å²) in [5, 5.41) is 0. The molecule has 1 aliphatic rings. The molecule has 0 saturated carbocycles. The average Bonchev–Trinajstić information content (AvgIpc) is 2.42. The van der Waals surface area contributed by atoms with Crippen molar-refractivity contribution >= 4 is 11.7 Å². The van der Waals surface area contributed by atoms with E-state index in [2.05, 4.69) is 10.9 Å². The minimum Gasteiger partial charge on any atom is -0.454 e. The number of carbonyl (C=O) groups excluding carboxylic acids is 1. The number of esters is 1. The Morgan fingerprint density at radius 2 is 2.05 bits per heavy atom. The standard InChI is InChI=1S/C17H19NO2/c1-5-11-17(4)16(19)20-15(12(2)3)14(18-17)13-9-7-6-8-10-13/h1,6-10,12,15H,11H2,2-4H3/t15-,17+/m1/s1. The molecule has 0 aliphatic carbocycles. The van der Waals surface area contributed by atoms with Gasteiger partial charge < -0.3 is 4.74 Å². The minimum absolute atomic E-state index is 0.160. The first kappa shape index (κ1) is 14.3. The first-order chi connectivity index (χ1) is 9.48. The van der Waals surface area contributed by atoms with Gasteiger partial charge in [-0.05, 0) is 18.4 Å². The molecule has 1 aromatic rings. The lowest BCUT2D eigenvalue weighted by Gasteiger charge is -2.34. The number of nitrogens with zero attached hydrogens (tertiary/aromatic N) is 1. The second-order valence-corrected chi connectivity index (χ2v) is 5.59. The van der Waals surface area contributed by atoms with Crippen LogP contribution in [0.1, 0.15) is 32.8 Å². The normalized spacial score (nSPS) is 25.9. The Labute approximate surface area is 120 Å². The zero-order chi connectivity index (χ0) is 14.8. The van der Waals surface area contributed by atoms with Gasteiger partial charge in [0.05, 0.1) is 5.71 Å². The van der Waals surface area contributed by atoms with E-state index >= 15 is 0 Å². The third-order valence-electron chi connectivity index (χ3n) is 3.43. The molecule has 1 heterocycles. The molecule has 1 aromatic carbocycles. The summed E-state index contributed by atoms with van der Waals surface area (Å²) in [5.41, 5.74) is 0.797. The minimum atomic E-state index is -0.981. The van der Waals surface area contributed by atoms with E-state index in [9.17, 15) is 4.79 Å². The monoisotopic (exact) mass is 269 g/mol. The number of terminal acetylenes is 1. The number of ether oxygens (including phenoxy) is 1.